The predicted molar refractivity (Wildman–Crippen MR) is 62.1 cm³/mol. The van der Waals surface area contributed by atoms with Crippen LogP contribution in [0.3, 0.4) is 0 Å². The van der Waals surface area contributed by atoms with Crippen molar-refractivity contribution in [1.82, 2.24) is 4.98 Å². The molecule has 0 saturated heterocycles. The van der Waals surface area contributed by atoms with E-state index in [0.717, 1.165) is 16.2 Å². The fourth-order valence-corrected chi connectivity index (χ4v) is 2.13. The van der Waals surface area contributed by atoms with Gasteiger partial charge in [0.1, 0.15) is 12.0 Å². The lowest BCUT2D eigenvalue weighted by atomic mass is 9.90. The Morgan fingerprint density at radius 1 is 1.50 bits per heavy atom. The molecule has 102 valence electrons. The van der Waals surface area contributed by atoms with E-state index in [9.17, 15) is 18.0 Å². The third-order valence-corrected chi connectivity index (χ3v) is 3.36. The largest absolute Gasteiger partial charge is 0.481 e. The zero-order valence-electron chi connectivity index (χ0n) is 10.1. The number of aliphatic carboxylic acids is 1. The highest BCUT2D eigenvalue weighted by Crippen LogP contribution is 2.30. The maximum Gasteiger partial charge on any atom is 0.405 e. The van der Waals surface area contributed by atoms with Gasteiger partial charge in [0.05, 0.1) is 5.69 Å². The van der Waals surface area contributed by atoms with E-state index < -0.39 is 24.1 Å². The molecule has 0 radical (unpaired) electrons. The second-order valence-corrected chi connectivity index (χ2v) is 5.25. The molecule has 1 N–H and O–H groups in total. The standard InChI is InChI=1S/C10H13F3N2O2S/c1-9(2,7(16)17)6-4-18-8(14-6)15(3)5-10(11,12)13/h4H,5H2,1-3H3,(H,16,17). The van der Waals surface area contributed by atoms with Gasteiger partial charge in [-0.15, -0.1) is 11.3 Å². The number of aromatic nitrogens is 1. The number of hydrogen-bond acceptors (Lipinski definition) is 4. The number of carboxylic acids is 1. The average molecular weight is 282 g/mol. The summed E-state index contributed by atoms with van der Waals surface area (Å²) in [5.74, 6) is -1.07. The Balaban J connectivity index is 2.90. The van der Waals surface area contributed by atoms with Crippen molar-refractivity contribution in [2.45, 2.75) is 25.4 Å². The number of alkyl halides is 3. The van der Waals surface area contributed by atoms with Crippen LogP contribution < -0.4 is 4.90 Å². The molecule has 0 aliphatic rings. The van der Waals surface area contributed by atoms with Gasteiger partial charge in [0.15, 0.2) is 5.13 Å². The molecule has 1 aromatic heterocycles. The molecule has 0 saturated carbocycles. The molecule has 1 aromatic rings. The molecule has 0 aliphatic heterocycles. The van der Waals surface area contributed by atoms with Crippen LogP contribution in [-0.2, 0) is 10.2 Å². The van der Waals surface area contributed by atoms with Gasteiger partial charge in [-0.05, 0) is 13.8 Å². The molecule has 1 rings (SSSR count). The Labute approximate surface area is 106 Å². The van der Waals surface area contributed by atoms with Gasteiger partial charge in [-0.1, -0.05) is 0 Å². The van der Waals surface area contributed by atoms with Crippen molar-refractivity contribution in [2.75, 3.05) is 18.5 Å². The minimum absolute atomic E-state index is 0.150. The summed E-state index contributed by atoms with van der Waals surface area (Å²) >= 11 is 0.994. The summed E-state index contributed by atoms with van der Waals surface area (Å²) in [7, 11) is 1.27. The first kappa shape index (κ1) is 14.7. The van der Waals surface area contributed by atoms with E-state index in [4.69, 9.17) is 5.11 Å². The van der Waals surface area contributed by atoms with Crippen LogP contribution in [0.15, 0.2) is 5.38 Å². The maximum absolute atomic E-state index is 12.2. The fraction of sp³-hybridized carbons (Fsp3) is 0.600. The van der Waals surface area contributed by atoms with Crippen LogP contribution in [0.2, 0.25) is 0 Å². The highest BCUT2D eigenvalue weighted by atomic mass is 32.1. The van der Waals surface area contributed by atoms with E-state index >= 15 is 0 Å². The third-order valence-electron chi connectivity index (χ3n) is 2.41. The molecular weight excluding hydrogens is 269 g/mol. The number of rotatable bonds is 4. The second kappa shape index (κ2) is 4.75. The van der Waals surface area contributed by atoms with Crippen LogP contribution in [-0.4, -0.2) is 35.8 Å². The van der Waals surface area contributed by atoms with E-state index in [0.29, 0.717) is 0 Å². The first-order valence-corrected chi connectivity index (χ1v) is 5.89. The molecule has 0 aliphatic carbocycles. The van der Waals surface area contributed by atoms with Crippen molar-refractivity contribution >= 4 is 22.4 Å². The lowest BCUT2D eigenvalue weighted by Gasteiger charge is -2.18. The van der Waals surface area contributed by atoms with Crippen molar-refractivity contribution in [3.63, 3.8) is 0 Å². The molecule has 0 spiro atoms. The van der Waals surface area contributed by atoms with Crippen LogP contribution >= 0.6 is 11.3 Å². The van der Waals surface area contributed by atoms with Crippen molar-refractivity contribution in [1.29, 1.82) is 0 Å². The van der Waals surface area contributed by atoms with E-state index in [1.165, 1.54) is 26.3 Å². The second-order valence-electron chi connectivity index (χ2n) is 4.42. The summed E-state index contributed by atoms with van der Waals surface area (Å²) in [5, 5.41) is 10.6. The molecule has 0 bridgehead atoms. The maximum atomic E-state index is 12.2. The van der Waals surface area contributed by atoms with Crippen molar-refractivity contribution in [3.8, 4) is 0 Å². The number of thiazole rings is 1. The number of halogens is 3. The average Bonchev–Trinajstić information content (AvgIpc) is 2.63. The highest BCUT2D eigenvalue weighted by molar-refractivity contribution is 7.13. The van der Waals surface area contributed by atoms with E-state index in [2.05, 4.69) is 4.98 Å². The molecule has 0 amide bonds. The SMILES string of the molecule is CN(CC(F)(F)F)c1nc(C(C)(C)C(=O)O)cs1. The summed E-state index contributed by atoms with van der Waals surface area (Å²) in [4.78, 5) is 15.9. The first-order chi connectivity index (χ1) is 8.04. The quantitative estimate of drug-likeness (QED) is 0.922. The minimum Gasteiger partial charge on any atom is -0.481 e. The highest BCUT2D eigenvalue weighted by Gasteiger charge is 2.34. The van der Waals surface area contributed by atoms with Crippen LogP contribution in [0.25, 0.3) is 0 Å². The lowest BCUT2D eigenvalue weighted by molar-refractivity contribution is -0.142. The lowest BCUT2D eigenvalue weighted by Crippen LogP contribution is -2.31. The minimum atomic E-state index is -4.32. The zero-order chi connectivity index (χ0) is 14.1. The Morgan fingerprint density at radius 2 is 2.06 bits per heavy atom. The number of nitrogens with zero attached hydrogens (tertiary/aromatic N) is 2. The fourth-order valence-electron chi connectivity index (χ4n) is 1.17. The topological polar surface area (TPSA) is 53.4 Å². The van der Waals surface area contributed by atoms with Crippen LogP contribution in [0.1, 0.15) is 19.5 Å². The van der Waals surface area contributed by atoms with Gasteiger partial charge in [-0.25, -0.2) is 4.98 Å². The Morgan fingerprint density at radius 3 is 2.50 bits per heavy atom. The van der Waals surface area contributed by atoms with Crippen molar-refractivity contribution in [2.24, 2.45) is 0 Å². The first-order valence-electron chi connectivity index (χ1n) is 5.01. The Kier molecular flexibility index (Phi) is 3.89. The molecule has 4 nitrogen and oxygen atoms in total. The van der Waals surface area contributed by atoms with E-state index in [1.54, 1.807) is 0 Å². The number of carboxylic acid groups (broad SMARTS) is 1. The monoisotopic (exact) mass is 282 g/mol. The summed E-state index contributed by atoms with van der Waals surface area (Å²) < 4.78 is 36.6. The summed E-state index contributed by atoms with van der Waals surface area (Å²) in [6.07, 6.45) is -4.32. The van der Waals surface area contributed by atoms with Crippen molar-refractivity contribution < 1.29 is 23.1 Å². The summed E-state index contributed by atoms with van der Waals surface area (Å²) in [6, 6.07) is 0. The van der Waals surface area contributed by atoms with Crippen molar-refractivity contribution in [3.05, 3.63) is 11.1 Å². The van der Waals surface area contributed by atoms with Gasteiger partial charge >= 0.3 is 12.1 Å². The normalized spacial score (nSPS) is 12.6. The molecule has 1 heterocycles. The molecule has 0 unspecified atom stereocenters. The van der Waals surface area contributed by atoms with Crippen LogP contribution in [0.5, 0.6) is 0 Å². The molecular formula is C10H13F3N2O2S. The molecule has 0 aromatic carbocycles. The number of carbonyl (C=O) groups is 1. The van der Waals surface area contributed by atoms with Gasteiger partial charge in [0.2, 0.25) is 0 Å². The zero-order valence-corrected chi connectivity index (χ0v) is 10.9. The number of hydrogen-bond donors (Lipinski definition) is 1. The Bertz CT molecular complexity index is 443. The van der Waals surface area contributed by atoms with Crippen LogP contribution in [0, 0.1) is 0 Å². The van der Waals surface area contributed by atoms with Crippen LogP contribution in [0.4, 0.5) is 18.3 Å². The number of anilines is 1. The van der Waals surface area contributed by atoms with Gasteiger partial charge in [0.25, 0.3) is 0 Å². The molecule has 18 heavy (non-hydrogen) atoms. The van der Waals surface area contributed by atoms with Gasteiger partial charge in [0, 0.05) is 12.4 Å². The smallest absolute Gasteiger partial charge is 0.405 e. The van der Waals surface area contributed by atoms with Gasteiger partial charge < -0.3 is 10.0 Å². The molecule has 0 fully saturated rings. The summed E-state index contributed by atoms with van der Waals surface area (Å²) in [5.41, 5.74) is -0.961. The Hall–Kier alpha value is -1.31. The van der Waals surface area contributed by atoms with E-state index in [1.807, 2.05) is 0 Å². The van der Waals surface area contributed by atoms with Gasteiger partial charge in [-0.3, -0.25) is 4.79 Å². The molecule has 8 heteroatoms. The predicted octanol–water partition coefficient (Wildman–Crippen LogP) is 2.50. The van der Waals surface area contributed by atoms with Gasteiger partial charge in [-0.2, -0.15) is 13.2 Å². The third kappa shape index (κ3) is 3.34. The van der Waals surface area contributed by atoms with E-state index in [-0.39, 0.29) is 10.8 Å². The summed E-state index contributed by atoms with van der Waals surface area (Å²) in [6.45, 7) is 1.79. The molecule has 0 atom stereocenters.